The standard InChI is InChI=1S/C18H16FN3O3/c1-21-10-14(7-13-8-15(22(24)25)4-5-17(13)19)18(23)16(11-21)12-3-2-6-20-9-12/h2-9,16H,10-11H2,1H3. The van der Waals surface area contributed by atoms with Gasteiger partial charge in [-0.1, -0.05) is 6.07 Å². The lowest BCUT2D eigenvalue weighted by atomic mass is 9.86. The Labute approximate surface area is 143 Å². The average Bonchev–Trinajstić information content (AvgIpc) is 2.60. The normalized spacial score (nSPS) is 20.0. The van der Waals surface area contributed by atoms with Crippen molar-refractivity contribution in [1.82, 2.24) is 9.88 Å². The summed E-state index contributed by atoms with van der Waals surface area (Å²) in [6.45, 7) is 0.900. The number of carbonyl (C=O) groups is 1. The number of rotatable bonds is 3. The summed E-state index contributed by atoms with van der Waals surface area (Å²) in [6, 6.07) is 6.88. The molecule has 7 heteroatoms. The fourth-order valence-corrected chi connectivity index (χ4v) is 2.95. The molecule has 1 aliphatic heterocycles. The third-order valence-electron chi connectivity index (χ3n) is 4.17. The molecule has 2 heterocycles. The number of hydrogen-bond acceptors (Lipinski definition) is 5. The van der Waals surface area contributed by atoms with Gasteiger partial charge in [0, 0.05) is 48.8 Å². The first-order valence-electron chi connectivity index (χ1n) is 7.73. The van der Waals surface area contributed by atoms with E-state index >= 15 is 0 Å². The van der Waals surface area contributed by atoms with Gasteiger partial charge in [-0.15, -0.1) is 0 Å². The van der Waals surface area contributed by atoms with E-state index in [4.69, 9.17) is 0 Å². The number of nitro benzene ring substituents is 1. The second kappa shape index (κ2) is 6.90. The van der Waals surface area contributed by atoms with E-state index in [1.807, 2.05) is 18.0 Å². The van der Waals surface area contributed by atoms with Gasteiger partial charge in [-0.3, -0.25) is 19.9 Å². The maximum atomic E-state index is 14.0. The Balaban J connectivity index is 1.98. The number of benzene rings is 1. The van der Waals surface area contributed by atoms with E-state index in [-0.39, 0.29) is 23.0 Å². The minimum atomic E-state index is -0.600. The molecule has 25 heavy (non-hydrogen) atoms. The van der Waals surface area contributed by atoms with Crippen LogP contribution < -0.4 is 0 Å². The summed E-state index contributed by atoms with van der Waals surface area (Å²) in [6.07, 6.45) is 4.69. The lowest BCUT2D eigenvalue weighted by Crippen LogP contribution is -2.38. The van der Waals surface area contributed by atoms with Crippen LogP contribution in [0.3, 0.4) is 0 Å². The number of likely N-dealkylation sites (tertiary alicyclic amines) is 1. The highest BCUT2D eigenvalue weighted by atomic mass is 19.1. The molecule has 0 saturated carbocycles. The molecule has 128 valence electrons. The number of nitrogens with zero attached hydrogens (tertiary/aromatic N) is 3. The molecule has 2 aromatic rings. The van der Waals surface area contributed by atoms with Gasteiger partial charge < -0.3 is 4.90 Å². The van der Waals surface area contributed by atoms with E-state index in [9.17, 15) is 19.3 Å². The number of halogens is 1. The van der Waals surface area contributed by atoms with Crippen LogP contribution >= 0.6 is 0 Å². The highest BCUT2D eigenvalue weighted by molar-refractivity contribution is 6.05. The van der Waals surface area contributed by atoms with Crippen molar-refractivity contribution in [2.45, 2.75) is 5.92 Å². The van der Waals surface area contributed by atoms with E-state index in [0.717, 1.165) is 23.8 Å². The molecule has 1 unspecified atom stereocenters. The van der Waals surface area contributed by atoms with Crippen LogP contribution in [0.15, 0.2) is 48.3 Å². The largest absolute Gasteiger partial charge is 0.301 e. The lowest BCUT2D eigenvalue weighted by molar-refractivity contribution is -0.384. The SMILES string of the molecule is CN1CC(=Cc2cc([N+](=O)[O-])ccc2F)C(=O)C(c2cccnc2)C1. The summed E-state index contributed by atoms with van der Waals surface area (Å²) in [5.41, 5.74) is 1.04. The van der Waals surface area contributed by atoms with Crippen LogP contribution in [0.25, 0.3) is 6.08 Å². The van der Waals surface area contributed by atoms with Crippen LogP contribution in [0.2, 0.25) is 0 Å². The molecule has 0 spiro atoms. The predicted molar refractivity (Wildman–Crippen MR) is 90.5 cm³/mol. The molecule has 1 fully saturated rings. The second-order valence-corrected chi connectivity index (χ2v) is 6.03. The number of likely N-dealkylation sites (N-methyl/N-ethyl adjacent to an activating group) is 1. The van der Waals surface area contributed by atoms with Crippen LogP contribution in [0.1, 0.15) is 17.0 Å². The Bertz CT molecular complexity index is 852. The van der Waals surface area contributed by atoms with Crippen LogP contribution in [0.4, 0.5) is 10.1 Å². The summed E-state index contributed by atoms with van der Waals surface area (Å²) >= 11 is 0. The first-order chi connectivity index (χ1) is 12.0. The van der Waals surface area contributed by atoms with E-state index in [1.54, 1.807) is 18.5 Å². The van der Waals surface area contributed by atoms with Crippen molar-refractivity contribution in [1.29, 1.82) is 0 Å². The first-order valence-corrected chi connectivity index (χ1v) is 7.73. The third-order valence-corrected chi connectivity index (χ3v) is 4.17. The predicted octanol–water partition coefficient (Wildman–Crippen LogP) is 2.81. The molecule has 1 aromatic heterocycles. The molecule has 0 N–H and O–H groups in total. The number of pyridine rings is 1. The van der Waals surface area contributed by atoms with Gasteiger partial charge in [-0.05, 0) is 30.8 Å². The lowest BCUT2D eigenvalue weighted by Gasteiger charge is -2.30. The molecular formula is C18H16FN3O3. The highest BCUT2D eigenvalue weighted by Gasteiger charge is 2.31. The van der Waals surface area contributed by atoms with Gasteiger partial charge in [0.15, 0.2) is 5.78 Å². The minimum absolute atomic E-state index is 0.0396. The van der Waals surface area contributed by atoms with Gasteiger partial charge in [0.1, 0.15) is 5.82 Å². The van der Waals surface area contributed by atoms with Crippen LogP contribution in [0, 0.1) is 15.9 Å². The van der Waals surface area contributed by atoms with Gasteiger partial charge >= 0.3 is 0 Å². The molecule has 3 rings (SSSR count). The maximum Gasteiger partial charge on any atom is 0.270 e. The number of aromatic nitrogens is 1. The third kappa shape index (κ3) is 3.61. The van der Waals surface area contributed by atoms with E-state index in [1.165, 1.54) is 6.08 Å². The maximum absolute atomic E-state index is 14.0. The monoisotopic (exact) mass is 341 g/mol. The second-order valence-electron chi connectivity index (χ2n) is 6.03. The van der Waals surface area contributed by atoms with Crippen molar-refractivity contribution in [2.24, 2.45) is 0 Å². The van der Waals surface area contributed by atoms with Crippen molar-refractivity contribution in [3.63, 3.8) is 0 Å². The first kappa shape index (κ1) is 16.9. The zero-order chi connectivity index (χ0) is 18.0. The Morgan fingerprint density at radius 2 is 2.20 bits per heavy atom. The Hall–Kier alpha value is -2.93. The van der Waals surface area contributed by atoms with Gasteiger partial charge in [0.05, 0.1) is 10.8 Å². The van der Waals surface area contributed by atoms with E-state index < -0.39 is 10.7 Å². The molecular weight excluding hydrogens is 325 g/mol. The van der Waals surface area contributed by atoms with Gasteiger partial charge in [-0.25, -0.2) is 4.39 Å². The Morgan fingerprint density at radius 3 is 2.88 bits per heavy atom. The smallest absolute Gasteiger partial charge is 0.270 e. The number of hydrogen-bond donors (Lipinski definition) is 0. The molecule has 0 amide bonds. The number of nitro groups is 1. The Morgan fingerprint density at radius 1 is 1.40 bits per heavy atom. The summed E-state index contributed by atoms with van der Waals surface area (Å²) in [5.74, 6) is -1.10. The van der Waals surface area contributed by atoms with Crippen molar-refractivity contribution < 1.29 is 14.1 Å². The molecule has 0 aliphatic carbocycles. The fraction of sp³-hybridized carbons (Fsp3) is 0.222. The zero-order valence-corrected chi connectivity index (χ0v) is 13.6. The van der Waals surface area contributed by atoms with E-state index in [2.05, 4.69) is 4.98 Å². The van der Waals surface area contributed by atoms with Gasteiger partial charge in [-0.2, -0.15) is 0 Å². The summed E-state index contributed by atoms with van der Waals surface area (Å²) in [4.78, 5) is 29.1. The van der Waals surface area contributed by atoms with Crippen LogP contribution in [-0.4, -0.2) is 40.7 Å². The van der Waals surface area contributed by atoms with Crippen molar-refractivity contribution in [3.05, 3.63) is 75.4 Å². The summed E-state index contributed by atoms with van der Waals surface area (Å²) in [7, 11) is 1.87. The molecule has 0 bridgehead atoms. The molecule has 1 aliphatic rings. The quantitative estimate of drug-likeness (QED) is 0.487. The fourth-order valence-electron chi connectivity index (χ4n) is 2.95. The number of carbonyl (C=O) groups excluding carboxylic acids is 1. The topological polar surface area (TPSA) is 76.3 Å². The van der Waals surface area contributed by atoms with Crippen LogP contribution in [0.5, 0.6) is 0 Å². The van der Waals surface area contributed by atoms with Gasteiger partial charge in [0.2, 0.25) is 0 Å². The van der Waals surface area contributed by atoms with Crippen molar-refractivity contribution in [2.75, 3.05) is 20.1 Å². The molecule has 0 radical (unpaired) electrons. The number of non-ortho nitro benzene ring substituents is 1. The van der Waals surface area contributed by atoms with Crippen LogP contribution in [-0.2, 0) is 4.79 Å². The summed E-state index contributed by atoms with van der Waals surface area (Å²) in [5, 5.41) is 10.9. The number of ketones is 1. The molecule has 1 aromatic carbocycles. The van der Waals surface area contributed by atoms with Crippen molar-refractivity contribution in [3.8, 4) is 0 Å². The molecule has 6 nitrogen and oxygen atoms in total. The molecule has 1 atom stereocenters. The minimum Gasteiger partial charge on any atom is -0.301 e. The van der Waals surface area contributed by atoms with Crippen molar-refractivity contribution >= 4 is 17.5 Å². The molecule has 1 saturated heterocycles. The highest BCUT2D eigenvalue weighted by Crippen LogP contribution is 2.28. The summed E-state index contributed by atoms with van der Waals surface area (Å²) < 4.78 is 14.0. The Kier molecular flexibility index (Phi) is 4.67. The number of piperidine rings is 1. The van der Waals surface area contributed by atoms with E-state index in [0.29, 0.717) is 18.7 Å². The van der Waals surface area contributed by atoms with Gasteiger partial charge in [0.25, 0.3) is 5.69 Å². The number of Topliss-reactive ketones (excluding diaryl/α,β-unsaturated/α-hetero) is 1. The average molecular weight is 341 g/mol. The zero-order valence-electron chi connectivity index (χ0n) is 13.6.